The van der Waals surface area contributed by atoms with Gasteiger partial charge >= 0.3 is 0 Å². The van der Waals surface area contributed by atoms with Gasteiger partial charge in [0.15, 0.2) is 0 Å². The molecule has 0 bridgehead atoms. The number of β-amino-alcohol motifs (C(OH)–C–C–N with tert-alkyl or cyclic N) is 1. The minimum absolute atomic E-state index is 0.397. The van der Waals surface area contributed by atoms with Crippen LogP contribution in [0.1, 0.15) is 29.9 Å². The number of nitrogens with zero attached hydrogens (tertiary/aromatic N) is 4. The molecule has 1 fully saturated rings. The predicted octanol–water partition coefficient (Wildman–Crippen LogP) is 0.907. The van der Waals surface area contributed by atoms with Crippen LogP contribution in [-0.4, -0.2) is 69.9 Å². The smallest absolute Gasteiger partial charge is 0.234 e. The Bertz CT molecular complexity index is 694. The largest absolute Gasteiger partial charge is 0.389 e. The summed E-state index contributed by atoms with van der Waals surface area (Å²) >= 11 is 0. The van der Waals surface area contributed by atoms with Crippen molar-refractivity contribution in [2.24, 2.45) is 0 Å². The van der Waals surface area contributed by atoms with Gasteiger partial charge in [-0.25, -0.2) is 9.97 Å². The van der Waals surface area contributed by atoms with E-state index in [2.05, 4.69) is 37.6 Å². The standard InChI is InChI=1S/C18H29N5O2/c1-13-8-14(2)23-16(10-20-18(23)21-13)9-19-15-4-6-22(7-5-15)11-17(24)12-25-3/h8,10,15,17,19,24H,4-7,9,11-12H2,1-3H3. The van der Waals surface area contributed by atoms with E-state index in [0.29, 0.717) is 19.2 Å². The molecule has 1 saturated heterocycles. The summed E-state index contributed by atoms with van der Waals surface area (Å²) in [5.74, 6) is 0.774. The summed E-state index contributed by atoms with van der Waals surface area (Å²) in [5, 5.41) is 13.5. The lowest BCUT2D eigenvalue weighted by atomic mass is 10.0. The number of methoxy groups -OCH3 is 1. The third-order valence-electron chi connectivity index (χ3n) is 4.85. The first-order valence-electron chi connectivity index (χ1n) is 9.00. The molecule has 25 heavy (non-hydrogen) atoms. The van der Waals surface area contributed by atoms with Gasteiger partial charge in [-0.1, -0.05) is 0 Å². The second-order valence-corrected chi connectivity index (χ2v) is 6.99. The molecule has 1 aliphatic heterocycles. The van der Waals surface area contributed by atoms with Crippen LogP contribution in [0.2, 0.25) is 0 Å². The molecule has 0 spiro atoms. The average molecular weight is 347 g/mol. The molecule has 138 valence electrons. The van der Waals surface area contributed by atoms with Gasteiger partial charge in [-0.3, -0.25) is 4.40 Å². The van der Waals surface area contributed by atoms with Crippen LogP contribution in [0.3, 0.4) is 0 Å². The summed E-state index contributed by atoms with van der Waals surface area (Å²) in [4.78, 5) is 11.2. The summed E-state index contributed by atoms with van der Waals surface area (Å²) in [6.45, 7) is 7.99. The van der Waals surface area contributed by atoms with E-state index in [1.807, 2.05) is 13.1 Å². The quantitative estimate of drug-likeness (QED) is 0.775. The average Bonchev–Trinajstić information content (AvgIpc) is 2.97. The van der Waals surface area contributed by atoms with Crippen LogP contribution in [0.15, 0.2) is 12.3 Å². The van der Waals surface area contributed by atoms with E-state index in [4.69, 9.17) is 4.74 Å². The Hall–Kier alpha value is -1.54. The molecule has 2 aromatic heterocycles. The molecule has 1 aliphatic rings. The number of aliphatic hydroxyl groups excluding tert-OH is 1. The van der Waals surface area contributed by atoms with Crippen molar-refractivity contribution in [1.82, 2.24) is 24.6 Å². The fourth-order valence-electron chi connectivity index (χ4n) is 3.63. The van der Waals surface area contributed by atoms with Crippen LogP contribution < -0.4 is 5.32 Å². The van der Waals surface area contributed by atoms with Crippen LogP contribution >= 0.6 is 0 Å². The van der Waals surface area contributed by atoms with E-state index in [1.165, 1.54) is 5.69 Å². The first-order valence-corrected chi connectivity index (χ1v) is 9.00. The maximum absolute atomic E-state index is 9.84. The zero-order chi connectivity index (χ0) is 17.8. The first-order chi connectivity index (χ1) is 12.1. The number of aromatic nitrogens is 3. The highest BCUT2D eigenvalue weighted by Crippen LogP contribution is 2.14. The molecule has 0 aromatic carbocycles. The zero-order valence-corrected chi connectivity index (χ0v) is 15.4. The molecule has 0 aliphatic carbocycles. The maximum atomic E-state index is 9.84. The van der Waals surface area contributed by atoms with Crippen LogP contribution in [0.25, 0.3) is 5.78 Å². The van der Waals surface area contributed by atoms with E-state index < -0.39 is 6.10 Å². The van der Waals surface area contributed by atoms with Gasteiger partial charge in [0.1, 0.15) is 0 Å². The van der Waals surface area contributed by atoms with Gasteiger partial charge in [-0.15, -0.1) is 0 Å². The van der Waals surface area contributed by atoms with E-state index in [9.17, 15) is 5.11 Å². The first kappa shape index (κ1) is 18.3. The topological polar surface area (TPSA) is 74.9 Å². The number of likely N-dealkylation sites (tertiary alicyclic amines) is 1. The molecular weight excluding hydrogens is 318 g/mol. The van der Waals surface area contributed by atoms with Crippen molar-refractivity contribution in [2.45, 2.75) is 45.4 Å². The summed E-state index contributed by atoms with van der Waals surface area (Å²) in [5.41, 5.74) is 3.31. The fraction of sp³-hybridized carbons (Fsp3) is 0.667. The number of hydrogen-bond acceptors (Lipinski definition) is 6. The van der Waals surface area contributed by atoms with Crippen molar-refractivity contribution in [1.29, 1.82) is 0 Å². The maximum Gasteiger partial charge on any atom is 0.234 e. The molecule has 0 saturated carbocycles. The van der Waals surface area contributed by atoms with Gasteiger partial charge in [-0.2, -0.15) is 0 Å². The molecule has 1 unspecified atom stereocenters. The molecule has 3 rings (SSSR count). The number of hydrogen-bond donors (Lipinski definition) is 2. The van der Waals surface area contributed by atoms with E-state index in [-0.39, 0.29) is 0 Å². The molecule has 7 heteroatoms. The number of ether oxygens (including phenoxy) is 1. The van der Waals surface area contributed by atoms with Crippen LogP contribution in [-0.2, 0) is 11.3 Å². The van der Waals surface area contributed by atoms with E-state index in [1.54, 1.807) is 7.11 Å². The number of aryl methyl sites for hydroxylation is 2. The number of nitrogens with one attached hydrogen (secondary N) is 1. The Kier molecular flexibility index (Phi) is 6.01. The highest BCUT2D eigenvalue weighted by Gasteiger charge is 2.21. The number of rotatable bonds is 7. The van der Waals surface area contributed by atoms with Crippen LogP contribution in [0.5, 0.6) is 0 Å². The van der Waals surface area contributed by atoms with E-state index in [0.717, 1.165) is 49.6 Å². The lowest BCUT2D eigenvalue weighted by Gasteiger charge is -2.33. The highest BCUT2D eigenvalue weighted by atomic mass is 16.5. The Balaban J connectivity index is 1.51. The Labute approximate surface area is 149 Å². The minimum atomic E-state index is -0.397. The monoisotopic (exact) mass is 347 g/mol. The third-order valence-corrected chi connectivity index (χ3v) is 4.85. The van der Waals surface area contributed by atoms with Gasteiger partial charge in [0.2, 0.25) is 5.78 Å². The Morgan fingerprint density at radius 1 is 1.36 bits per heavy atom. The van der Waals surface area contributed by atoms with Crippen molar-refractivity contribution in [3.8, 4) is 0 Å². The number of fused-ring (bicyclic) bond motifs is 1. The van der Waals surface area contributed by atoms with Crippen molar-refractivity contribution in [3.05, 3.63) is 29.3 Å². The number of piperidine rings is 1. The normalized spacial score (nSPS) is 18.1. The summed E-state index contributed by atoms with van der Waals surface area (Å²) in [6.07, 6.45) is 3.70. The third kappa shape index (κ3) is 4.55. The lowest BCUT2D eigenvalue weighted by molar-refractivity contribution is 0.0310. The summed E-state index contributed by atoms with van der Waals surface area (Å²) in [6, 6.07) is 2.59. The zero-order valence-electron chi connectivity index (χ0n) is 15.4. The molecule has 0 radical (unpaired) electrons. The van der Waals surface area contributed by atoms with Gasteiger partial charge in [0, 0.05) is 37.6 Å². The molecule has 7 nitrogen and oxygen atoms in total. The molecule has 3 heterocycles. The summed E-state index contributed by atoms with van der Waals surface area (Å²) in [7, 11) is 1.62. The molecule has 2 aromatic rings. The summed E-state index contributed by atoms with van der Waals surface area (Å²) < 4.78 is 7.12. The van der Waals surface area contributed by atoms with E-state index >= 15 is 0 Å². The second kappa shape index (κ2) is 8.23. The van der Waals surface area contributed by atoms with Crippen molar-refractivity contribution < 1.29 is 9.84 Å². The molecule has 2 N–H and O–H groups in total. The van der Waals surface area contributed by atoms with Gasteiger partial charge < -0.3 is 20.1 Å². The van der Waals surface area contributed by atoms with Gasteiger partial charge in [0.25, 0.3) is 0 Å². The van der Waals surface area contributed by atoms with Gasteiger partial charge in [-0.05, 0) is 45.8 Å². The second-order valence-electron chi connectivity index (χ2n) is 6.99. The predicted molar refractivity (Wildman–Crippen MR) is 96.6 cm³/mol. The van der Waals surface area contributed by atoms with Gasteiger partial charge in [0.05, 0.1) is 24.6 Å². The van der Waals surface area contributed by atoms with Crippen LogP contribution in [0.4, 0.5) is 0 Å². The van der Waals surface area contributed by atoms with Crippen molar-refractivity contribution >= 4 is 5.78 Å². The highest BCUT2D eigenvalue weighted by molar-refractivity contribution is 5.35. The number of imidazole rings is 1. The molecule has 0 amide bonds. The van der Waals surface area contributed by atoms with Crippen molar-refractivity contribution in [3.63, 3.8) is 0 Å². The molecule has 1 atom stereocenters. The van der Waals surface area contributed by atoms with Crippen molar-refractivity contribution in [2.75, 3.05) is 33.4 Å². The molecular formula is C18H29N5O2. The Morgan fingerprint density at radius 2 is 2.12 bits per heavy atom. The SMILES string of the molecule is COCC(O)CN1CCC(NCc2cnc3nc(C)cc(C)n23)CC1. The fourth-order valence-corrected chi connectivity index (χ4v) is 3.63. The minimum Gasteiger partial charge on any atom is -0.389 e. The Morgan fingerprint density at radius 3 is 2.84 bits per heavy atom. The van der Waals surface area contributed by atoms with Crippen LogP contribution in [0, 0.1) is 13.8 Å². The lowest BCUT2D eigenvalue weighted by Crippen LogP contribution is -2.45. The number of aliphatic hydroxyl groups is 1.